The number of rotatable bonds is 5. The zero-order valence-electron chi connectivity index (χ0n) is 14.4. The van der Waals surface area contributed by atoms with Gasteiger partial charge >= 0.3 is 0 Å². The lowest BCUT2D eigenvalue weighted by Gasteiger charge is -2.06. The van der Waals surface area contributed by atoms with E-state index in [1.165, 1.54) is 13.3 Å². The number of nitrogens with zero attached hydrogens (tertiary/aromatic N) is 4. The van der Waals surface area contributed by atoms with Crippen molar-refractivity contribution in [2.24, 2.45) is 12.1 Å². The quantitative estimate of drug-likeness (QED) is 0.548. The molecule has 8 nitrogen and oxygen atoms in total. The molecule has 0 spiro atoms. The molecule has 1 N–H and O–H groups in total. The Kier molecular flexibility index (Phi) is 5.23. The molecule has 1 aromatic heterocycles. The Morgan fingerprint density at radius 1 is 1.26 bits per heavy atom. The summed E-state index contributed by atoms with van der Waals surface area (Å²) in [7, 11) is 1.49. The number of amides is 1. The smallest absolute Gasteiger partial charge is 0.292 e. The zero-order valence-corrected chi connectivity index (χ0v) is 14.4. The molecule has 0 aliphatic heterocycles. The monoisotopic (exact) mass is 361 g/mol. The van der Waals surface area contributed by atoms with Gasteiger partial charge in [0.1, 0.15) is 11.8 Å². The van der Waals surface area contributed by atoms with Gasteiger partial charge in [0, 0.05) is 12.4 Å². The van der Waals surface area contributed by atoms with Gasteiger partial charge in [-0.1, -0.05) is 18.2 Å². The minimum Gasteiger partial charge on any atom is -0.479 e. The van der Waals surface area contributed by atoms with Crippen molar-refractivity contribution in [2.75, 3.05) is 6.61 Å². The molecule has 27 heavy (non-hydrogen) atoms. The third-order valence-electron chi connectivity index (χ3n) is 3.73. The van der Waals surface area contributed by atoms with Crippen LogP contribution in [-0.2, 0) is 7.05 Å². The van der Waals surface area contributed by atoms with Crippen LogP contribution in [0.4, 0.5) is 0 Å². The van der Waals surface area contributed by atoms with Crippen molar-refractivity contribution in [2.45, 2.75) is 0 Å². The predicted octanol–water partition coefficient (Wildman–Crippen LogP) is 1.60. The van der Waals surface area contributed by atoms with E-state index in [1.807, 2.05) is 6.07 Å². The number of hydrogen-bond donors (Lipinski definition) is 1. The first kappa shape index (κ1) is 17.8. The van der Waals surface area contributed by atoms with Crippen LogP contribution in [0.2, 0.25) is 0 Å². The summed E-state index contributed by atoms with van der Waals surface area (Å²) in [4.78, 5) is 24.5. The van der Waals surface area contributed by atoms with Crippen LogP contribution in [0.5, 0.6) is 5.75 Å². The lowest BCUT2D eigenvalue weighted by Crippen LogP contribution is -2.27. The van der Waals surface area contributed by atoms with Crippen molar-refractivity contribution in [1.29, 1.82) is 5.26 Å². The second kappa shape index (κ2) is 7.93. The Hall–Kier alpha value is -3.99. The maximum Gasteiger partial charge on any atom is 0.292 e. The van der Waals surface area contributed by atoms with Crippen LogP contribution in [0, 0.1) is 11.3 Å². The van der Waals surface area contributed by atoms with Gasteiger partial charge < -0.3 is 4.74 Å². The van der Waals surface area contributed by atoms with Gasteiger partial charge in [-0.25, -0.2) is 10.1 Å². The van der Waals surface area contributed by atoms with E-state index in [9.17, 15) is 9.59 Å². The fourth-order valence-electron chi connectivity index (χ4n) is 2.45. The molecule has 0 aliphatic carbocycles. The SMILES string of the molecule is Cn1nc(C(=O)N/N=C\c2ccc(OCC#N)cc2)c2ccccc2c1=O. The number of fused-ring (bicyclic) bond motifs is 1. The maximum atomic E-state index is 12.4. The first-order chi connectivity index (χ1) is 13.1. The van der Waals surface area contributed by atoms with E-state index in [0.717, 1.165) is 10.2 Å². The number of carbonyl (C=O) groups excluding carboxylic acids is 1. The van der Waals surface area contributed by atoms with Gasteiger partial charge in [-0.15, -0.1) is 0 Å². The maximum absolute atomic E-state index is 12.4. The largest absolute Gasteiger partial charge is 0.479 e. The van der Waals surface area contributed by atoms with E-state index >= 15 is 0 Å². The lowest BCUT2D eigenvalue weighted by atomic mass is 10.1. The van der Waals surface area contributed by atoms with Gasteiger partial charge in [-0.2, -0.15) is 15.5 Å². The summed E-state index contributed by atoms with van der Waals surface area (Å²) in [5.74, 6) is 0.0469. The standard InChI is InChI=1S/C19H15N5O3/c1-24-19(26)16-5-3-2-4-15(16)17(23-24)18(25)22-21-12-13-6-8-14(9-7-13)27-11-10-20/h2-9,12H,11H2,1H3,(H,22,25)/b21-12-. The van der Waals surface area contributed by atoms with E-state index < -0.39 is 5.91 Å². The molecule has 0 saturated carbocycles. The van der Waals surface area contributed by atoms with Crippen LogP contribution in [0.3, 0.4) is 0 Å². The highest BCUT2D eigenvalue weighted by Gasteiger charge is 2.14. The number of ether oxygens (including phenoxy) is 1. The minimum atomic E-state index is -0.521. The van der Waals surface area contributed by atoms with E-state index in [-0.39, 0.29) is 17.9 Å². The summed E-state index contributed by atoms with van der Waals surface area (Å²) in [6, 6.07) is 15.5. The molecule has 3 rings (SSSR count). The number of aromatic nitrogens is 2. The molecule has 0 aliphatic rings. The molecule has 1 amide bonds. The fraction of sp³-hybridized carbons (Fsp3) is 0.105. The molecule has 0 fully saturated rings. The Balaban J connectivity index is 1.76. The van der Waals surface area contributed by atoms with Crippen LogP contribution in [0.1, 0.15) is 16.1 Å². The molecule has 0 unspecified atom stereocenters. The zero-order chi connectivity index (χ0) is 19.2. The van der Waals surface area contributed by atoms with Crippen LogP contribution < -0.4 is 15.7 Å². The number of carbonyl (C=O) groups is 1. The van der Waals surface area contributed by atoms with Crippen LogP contribution in [0.15, 0.2) is 58.4 Å². The van der Waals surface area contributed by atoms with Gasteiger partial charge in [0.25, 0.3) is 11.5 Å². The van der Waals surface area contributed by atoms with E-state index in [0.29, 0.717) is 16.5 Å². The number of nitrogens with one attached hydrogen (secondary N) is 1. The number of hydrogen-bond acceptors (Lipinski definition) is 6. The van der Waals surface area contributed by atoms with Gasteiger partial charge in [0.05, 0.1) is 11.6 Å². The fourth-order valence-corrected chi connectivity index (χ4v) is 2.45. The Bertz CT molecular complexity index is 1110. The summed E-state index contributed by atoms with van der Waals surface area (Å²) in [6.45, 7) is -0.0238. The molecule has 2 aromatic carbocycles. The van der Waals surface area contributed by atoms with Crippen molar-refractivity contribution in [3.63, 3.8) is 0 Å². The van der Waals surface area contributed by atoms with Crippen molar-refractivity contribution in [3.8, 4) is 11.8 Å². The molecule has 0 saturated heterocycles. The first-order valence-electron chi connectivity index (χ1n) is 7.99. The molecular weight excluding hydrogens is 346 g/mol. The van der Waals surface area contributed by atoms with Gasteiger partial charge in [0.15, 0.2) is 12.3 Å². The third kappa shape index (κ3) is 3.99. The number of benzene rings is 2. The summed E-state index contributed by atoms with van der Waals surface area (Å²) in [5.41, 5.74) is 2.99. The van der Waals surface area contributed by atoms with Gasteiger partial charge in [-0.3, -0.25) is 9.59 Å². The van der Waals surface area contributed by atoms with Crippen LogP contribution in [-0.4, -0.2) is 28.5 Å². The van der Waals surface area contributed by atoms with E-state index in [1.54, 1.807) is 48.5 Å². The lowest BCUT2D eigenvalue weighted by molar-refractivity contribution is 0.0950. The number of aryl methyl sites for hydroxylation is 1. The first-order valence-corrected chi connectivity index (χ1v) is 7.99. The molecule has 1 heterocycles. The summed E-state index contributed by atoms with van der Waals surface area (Å²) < 4.78 is 6.29. The Morgan fingerprint density at radius 2 is 1.96 bits per heavy atom. The van der Waals surface area contributed by atoms with E-state index in [2.05, 4.69) is 15.6 Å². The Morgan fingerprint density at radius 3 is 2.67 bits per heavy atom. The van der Waals surface area contributed by atoms with Crippen molar-refractivity contribution in [1.82, 2.24) is 15.2 Å². The summed E-state index contributed by atoms with van der Waals surface area (Å²) in [6.07, 6.45) is 1.47. The highest BCUT2D eigenvalue weighted by molar-refractivity contribution is 6.04. The molecule has 0 atom stereocenters. The molecular formula is C19H15N5O3. The van der Waals surface area contributed by atoms with Crippen LogP contribution in [0.25, 0.3) is 10.8 Å². The second-order valence-electron chi connectivity index (χ2n) is 5.54. The van der Waals surface area contributed by atoms with Crippen LogP contribution >= 0.6 is 0 Å². The minimum absolute atomic E-state index is 0.0238. The van der Waals surface area contributed by atoms with Crippen molar-refractivity contribution < 1.29 is 9.53 Å². The Labute approximate surface area is 154 Å². The number of nitriles is 1. The predicted molar refractivity (Wildman–Crippen MR) is 99.6 cm³/mol. The molecule has 8 heteroatoms. The molecule has 0 radical (unpaired) electrons. The summed E-state index contributed by atoms with van der Waals surface area (Å²) >= 11 is 0. The normalized spacial score (nSPS) is 10.7. The van der Waals surface area contributed by atoms with Crippen molar-refractivity contribution in [3.05, 3.63) is 70.1 Å². The number of hydrazone groups is 1. The third-order valence-corrected chi connectivity index (χ3v) is 3.73. The topological polar surface area (TPSA) is 109 Å². The van der Waals surface area contributed by atoms with E-state index in [4.69, 9.17) is 10.00 Å². The molecule has 0 bridgehead atoms. The average Bonchev–Trinajstić information content (AvgIpc) is 2.70. The highest BCUT2D eigenvalue weighted by atomic mass is 16.5. The molecule has 134 valence electrons. The van der Waals surface area contributed by atoms with Gasteiger partial charge in [-0.05, 0) is 35.9 Å². The molecule has 3 aromatic rings. The second-order valence-corrected chi connectivity index (χ2v) is 5.54. The van der Waals surface area contributed by atoms with Crippen molar-refractivity contribution >= 4 is 22.9 Å². The van der Waals surface area contributed by atoms with Gasteiger partial charge in [0.2, 0.25) is 0 Å². The summed E-state index contributed by atoms with van der Waals surface area (Å²) in [5, 5.41) is 17.3. The highest BCUT2D eigenvalue weighted by Crippen LogP contribution is 2.13. The average molecular weight is 361 g/mol.